The Balaban J connectivity index is 1.97. The molecule has 0 saturated carbocycles. The van der Waals surface area contributed by atoms with Crippen LogP contribution in [0.3, 0.4) is 0 Å². The van der Waals surface area contributed by atoms with Gasteiger partial charge in [0.2, 0.25) is 0 Å². The van der Waals surface area contributed by atoms with E-state index in [0.717, 1.165) is 19.7 Å². The van der Waals surface area contributed by atoms with Gasteiger partial charge in [-0.05, 0) is 29.1 Å². The number of fused-ring (bicyclic) bond motifs is 1. The van der Waals surface area contributed by atoms with Gasteiger partial charge >= 0.3 is 0 Å². The van der Waals surface area contributed by atoms with Gasteiger partial charge in [-0.1, -0.05) is 6.07 Å². The van der Waals surface area contributed by atoms with Gasteiger partial charge in [0.25, 0.3) is 0 Å². The third-order valence-corrected chi connectivity index (χ3v) is 3.21. The zero-order valence-corrected chi connectivity index (χ0v) is 9.44. The maximum atomic E-state index is 5.75. The quantitative estimate of drug-likeness (QED) is 0.787. The lowest BCUT2D eigenvalue weighted by Gasteiger charge is -2.24. The summed E-state index contributed by atoms with van der Waals surface area (Å²) in [5.41, 5.74) is 2.54. The van der Waals surface area contributed by atoms with Crippen LogP contribution in [0.1, 0.15) is 11.7 Å². The van der Waals surface area contributed by atoms with E-state index in [1.807, 2.05) is 0 Å². The molecule has 1 aliphatic heterocycles. The van der Waals surface area contributed by atoms with Crippen molar-refractivity contribution in [1.82, 2.24) is 9.88 Å². The number of morpholine rings is 1. The second-order valence-electron chi connectivity index (χ2n) is 4.31. The number of aryl methyl sites for hydroxylation is 1. The van der Waals surface area contributed by atoms with E-state index >= 15 is 0 Å². The van der Waals surface area contributed by atoms with Gasteiger partial charge in [0.15, 0.2) is 0 Å². The Hall–Kier alpha value is -1.32. The van der Waals surface area contributed by atoms with Gasteiger partial charge in [-0.15, -0.1) is 0 Å². The Morgan fingerprint density at radius 3 is 3.12 bits per heavy atom. The molecular weight excluding hydrogens is 200 g/mol. The topological polar surface area (TPSA) is 26.2 Å². The van der Waals surface area contributed by atoms with Crippen LogP contribution in [0.5, 0.6) is 0 Å². The van der Waals surface area contributed by atoms with Crippen LogP contribution in [0.25, 0.3) is 10.9 Å². The van der Waals surface area contributed by atoms with Crippen LogP contribution in [0, 0.1) is 0 Å². The molecule has 1 aromatic carbocycles. The lowest BCUT2D eigenvalue weighted by molar-refractivity contribution is 0.0278. The molecule has 84 valence electrons. The summed E-state index contributed by atoms with van der Waals surface area (Å²) in [7, 11) is 2.07. The first-order valence-corrected chi connectivity index (χ1v) is 5.72. The fourth-order valence-corrected chi connectivity index (χ4v) is 2.28. The second-order valence-corrected chi connectivity index (χ2v) is 4.31. The average molecular weight is 216 g/mol. The maximum Gasteiger partial charge on any atom is 0.0950 e. The highest BCUT2D eigenvalue weighted by Gasteiger charge is 2.15. The number of aromatic nitrogens is 1. The van der Waals surface area contributed by atoms with Crippen molar-refractivity contribution >= 4 is 10.9 Å². The van der Waals surface area contributed by atoms with E-state index in [1.165, 1.54) is 16.5 Å². The van der Waals surface area contributed by atoms with E-state index in [4.69, 9.17) is 4.74 Å². The molecule has 0 aliphatic carbocycles. The van der Waals surface area contributed by atoms with E-state index < -0.39 is 0 Å². The fraction of sp³-hybridized carbons (Fsp3) is 0.385. The standard InChI is InChI=1S/C13H16N2O/c1-15-6-4-10-8-11(2-3-12(10)15)13-9-14-5-7-16-13/h2-4,6,8,13-14H,5,7,9H2,1H3. The van der Waals surface area contributed by atoms with Gasteiger partial charge in [0.1, 0.15) is 0 Å². The second kappa shape index (κ2) is 3.92. The van der Waals surface area contributed by atoms with E-state index in [2.05, 4.69) is 47.4 Å². The van der Waals surface area contributed by atoms with Crippen LogP contribution in [0.15, 0.2) is 30.5 Å². The molecule has 1 aliphatic rings. The monoisotopic (exact) mass is 216 g/mol. The highest BCUT2D eigenvalue weighted by molar-refractivity contribution is 5.80. The highest BCUT2D eigenvalue weighted by Crippen LogP contribution is 2.23. The van der Waals surface area contributed by atoms with Gasteiger partial charge in [-0.3, -0.25) is 0 Å². The van der Waals surface area contributed by atoms with Crippen LogP contribution in [0.2, 0.25) is 0 Å². The third kappa shape index (κ3) is 1.62. The van der Waals surface area contributed by atoms with Crippen molar-refractivity contribution in [2.45, 2.75) is 6.10 Å². The largest absolute Gasteiger partial charge is 0.371 e. The van der Waals surface area contributed by atoms with Crippen molar-refractivity contribution in [1.29, 1.82) is 0 Å². The summed E-state index contributed by atoms with van der Waals surface area (Å²) in [4.78, 5) is 0. The van der Waals surface area contributed by atoms with Crippen molar-refractivity contribution in [2.75, 3.05) is 19.7 Å². The minimum Gasteiger partial charge on any atom is -0.371 e. The minimum atomic E-state index is 0.207. The molecule has 0 spiro atoms. The number of benzene rings is 1. The lowest BCUT2D eigenvalue weighted by atomic mass is 10.1. The normalized spacial score (nSPS) is 21.4. The molecule has 0 bridgehead atoms. The predicted molar refractivity (Wildman–Crippen MR) is 64.5 cm³/mol. The average Bonchev–Trinajstić information content (AvgIpc) is 2.72. The van der Waals surface area contributed by atoms with E-state index in [9.17, 15) is 0 Å². The van der Waals surface area contributed by atoms with Gasteiger partial charge in [-0.2, -0.15) is 0 Å². The van der Waals surface area contributed by atoms with Gasteiger partial charge in [-0.25, -0.2) is 0 Å². The third-order valence-electron chi connectivity index (χ3n) is 3.21. The molecule has 0 radical (unpaired) electrons. The van der Waals surface area contributed by atoms with Crippen molar-refractivity contribution in [3.63, 3.8) is 0 Å². The van der Waals surface area contributed by atoms with Crippen molar-refractivity contribution in [3.05, 3.63) is 36.0 Å². The number of hydrogen-bond acceptors (Lipinski definition) is 2. The number of nitrogens with one attached hydrogen (secondary N) is 1. The van der Waals surface area contributed by atoms with E-state index in [-0.39, 0.29) is 6.10 Å². The van der Waals surface area contributed by atoms with Crippen LogP contribution in [-0.2, 0) is 11.8 Å². The number of hydrogen-bond donors (Lipinski definition) is 1. The van der Waals surface area contributed by atoms with Crippen molar-refractivity contribution in [2.24, 2.45) is 7.05 Å². The van der Waals surface area contributed by atoms with Gasteiger partial charge < -0.3 is 14.6 Å². The summed E-state index contributed by atoms with van der Waals surface area (Å²) in [6, 6.07) is 8.71. The summed E-state index contributed by atoms with van der Waals surface area (Å²) in [6.45, 7) is 2.68. The summed E-state index contributed by atoms with van der Waals surface area (Å²) >= 11 is 0. The van der Waals surface area contributed by atoms with Crippen LogP contribution < -0.4 is 5.32 Å². The minimum absolute atomic E-state index is 0.207. The molecule has 1 fully saturated rings. The van der Waals surface area contributed by atoms with E-state index in [1.54, 1.807) is 0 Å². The maximum absolute atomic E-state index is 5.75. The SMILES string of the molecule is Cn1ccc2cc(C3CNCCO3)ccc21. The number of ether oxygens (including phenoxy) is 1. The molecule has 1 atom stereocenters. The van der Waals surface area contributed by atoms with Crippen molar-refractivity contribution in [3.8, 4) is 0 Å². The Bertz CT molecular complexity index is 498. The molecule has 2 heterocycles. The Morgan fingerprint density at radius 2 is 2.31 bits per heavy atom. The molecule has 1 saturated heterocycles. The Kier molecular flexibility index (Phi) is 2.42. The van der Waals surface area contributed by atoms with Gasteiger partial charge in [0.05, 0.1) is 12.7 Å². The summed E-state index contributed by atoms with van der Waals surface area (Å²) < 4.78 is 7.89. The molecule has 3 nitrogen and oxygen atoms in total. The zero-order chi connectivity index (χ0) is 11.0. The number of nitrogens with zero attached hydrogens (tertiary/aromatic N) is 1. The van der Waals surface area contributed by atoms with Crippen LogP contribution in [0.4, 0.5) is 0 Å². The first-order valence-electron chi connectivity index (χ1n) is 5.72. The Morgan fingerprint density at radius 1 is 1.38 bits per heavy atom. The molecular formula is C13H16N2O. The molecule has 1 N–H and O–H groups in total. The molecule has 2 aromatic rings. The molecule has 1 unspecified atom stereocenters. The smallest absolute Gasteiger partial charge is 0.0950 e. The molecule has 1 aromatic heterocycles. The fourth-order valence-electron chi connectivity index (χ4n) is 2.28. The van der Waals surface area contributed by atoms with Crippen molar-refractivity contribution < 1.29 is 4.74 Å². The van der Waals surface area contributed by atoms with Crippen LogP contribution >= 0.6 is 0 Å². The first kappa shape index (κ1) is 9.87. The lowest BCUT2D eigenvalue weighted by Crippen LogP contribution is -2.33. The molecule has 0 amide bonds. The molecule has 3 heteroatoms. The zero-order valence-electron chi connectivity index (χ0n) is 9.44. The Labute approximate surface area is 95.0 Å². The predicted octanol–water partition coefficient (Wildman–Crippen LogP) is 1.84. The summed E-state index contributed by atoms with van der Waals surface area (Å²) in [6.07, 6.45) is 2.30. The highest BCUT2D eigenvalue weighted by atomic mass is 16.5. The number of rotatable bonds is 1. The summed E-state index contributed by atoms with van der Waals surface area (Å²) in [5, 5.41) is 4.64. The molecule has 16 heavy (non-hydrogen) atoms. The summed E-state index contributed by atoms with van der Waals surface area (Å²) in [5.74, 6) is 0. The van der Waals surface area contributed by atoms with E-state index in [0.29, 0.717) is 0 Å². The van der Waals surface area contributed by atoms with Crippen LogP contribution in [-0.4, -0.2) is 24.3 Å². The van der Waals surface area contributed by atoms with Gasteiger partial charge in [0, 0.05) is 31.9 Å². The first-order chi connectivity index (χ1) is 7.84. The molecule has 3 rings (SSSR count).